The SMILES string of the molecule is CC1CN(C)CCCN1c1cccc(Cl)c1CO. The van der Waals surface area contributed by atoms with Gasteiger partial charge in [0.2, 0.25) is 0 Å². The minimum absolute atomic E-state index is 0.00589. The quantitative estimate of drug-likeness (QED) is 0.892. The number of aliphatic hydroxyl groups excluding tert-OH is 1. The summed E-state index contributed by atoms with van der Waals surface area (Å²) in [5.74, 6) is 0. The monoisotopic (exact) mass is 268 g/mol. The Hall–Kier alpha value is -0.770. The van der Waals surface area contributed by atoms with E-state index in [1.54, 1.807) is 0 Å². The van der Waals surface area contributed by atoms with Crippen molar-refractivity contribution < 1.29 is 5.11 Å². The van der Waals surface area contributed by atoms with Crippen LogP contribution in [0, 0.1) is 0 Å². The minimum atomic E-state index is -0.00589. The summed E-state index contributed by atoms with van der Waals surface area (Å²) in [5.41, 5.74) is 1.92. The van der Waals surface area contributed by atoms with Crippen LogP contribution in [0.15, 0.2) is 18.2 Å². The number of rotatable bonds is 2. The number of anilines is 1. The molecule has 0 aromatic heterocycles. The molecule has 1 unspecified atom stereocenters. The summed E-state index contributed by atoms with van der Waals surface area (Å²) in [4.78, 5) is 4.72. The minimum Gasteiger partial charge on any atom is -0.392 e. The highest BCUT2D eigenvalue weighted by molar-refractivity contribution is 6.31. The summed E-state index contributed by atoms with van der Waals surface area (Å²) in [6.07, 6.45) is 1.14. The number of benzene rings is 1. The smallest absolute Gasteiger partial charge is 0.0716 e. The lowest BCUT2D eigenvalue weighted by Gasteiger charge is -2.32. The third kappa shape index (κ3) is 2.79. The third-order valence-corrected chi connectivity index (χ3v) is 3.96. The number of likely N-dealkylation sites (N-methyl/N-ethyl adjacent to an activating group) is 1. The number of hydrogen-bond donors (Lipinski definition) is 1. The Morgan fingerprint density at radius 3 is 2.89 bits per heavy atom. The van der Waals surface area contributed by atoms with Crippen LogP contribution in [-0.4, -0.2) is 42.7 Å². The molecule has 2 rings (SSSR count). The Balaban J connectivity index is 2.32. The second kappa shape index (κ2) is 5.91. The molecule has 0 saturated carbocycles. The van der Waals surface area contributed by atoms with Crippen LogP contribution < -0.4 is 4.90 Å². The zero-order chi connectivity index (χ0) is 13.1. The van der Waals surface area contributed by atoms with Gasteiger partial charge in [-0.15, -0.1) is 0 Å². The molecule has 0 aliphatic carbocycles. The molecule has 1 fully saturated rings. The summed E-state index contributed by atoms with van der Waals surface area (Å²) < 4.78 is 0. The van der Waals surface area contributed by atoms with Crippen molar-refractivity contribution in [3.8, 4) is 0 Å². The molecule has 4 heteroatoms. The first-order chi connectivity index (χ1) is 8.63. The first-order valence-electron chi connectivity index (χ1n) is 6.47. The van der Waals surface area contributed by atoms with Crippen molar-refractivity contribution in [2.24, 2.45) is 0 Å². The van der Waals surface area contributed by atoms with Gasteiger partial charge < -0.3 is 14.9 Å². The predicted molar refractivity (Wildman–Crippen MR) is 76.3 cm³/mol. The molecule has 100 valence electrons. The van der Waals surface area contributed by atoms with Crippen molar-refractivity contribution in [2.45, 2.75) is 26.0 Å². The van der Waals surface area contributed by atoms with Crippen molar-refractivity contribution in [2.75, 3.05) is 31.6 Å². The Labute approximate surface area is 114 Å². The van der Waals surface area contributed by atoms with Gasteiger partial charge in [0.25, 0.3) is 0 Å². The number of hydrogen-bond acceptors (Lipinski definition) is 3. The average Bonchev–Trinajstić information content (AvgIpc) is 2.49. The topological polar surface area (TPSA) is 26.7 Å². The molecule has 3 nitrogen and oxygen atoms in total. The lowest BCUT2D eigenvalue weighted by atomic mass is 10.1. The molecule has 1 aliphatic rings. The third-order valence-electron chi connectivity index (χ3n) is 3.61. The molecule has 0 bridgehead atoms. The van der Waals surface area contributed by atoms with Crippen LogP contribution >= 0.6 is 11.6 Å². The summed E-state index contributed by atoms with van der Waals surface area (Å²) in [6, 6.07) is 6.28. The lowest BCUT2D eigenvalue weighted by molar-refractivity contribution is 0.282. The highest BCUT2D eigenvalue weighted by Crippen LogP contribution is 2.29. The number of halogens is 1. The van der Waals surface area contributed by atoms with Gasteiger partial charge in [-0.3, -0.25) is 0 Å². The van der Waals surface area contributed by atoms with Crippen molar-refractivity contribution in [1.82, 2.24) is 4.90 Å². The zero-order valence-electron chi connectivity index (χ0n) is 11.1. The van der Waals surface area contributed by atoms with Gasteiger partial charge in [0, 0.05) is 35.4 Å². The maximum Gasteiger partial charge on any atom is 0.0716 e. The molecule has 1 aromatic carbocycles. The van der Waals surface area contributed by atoms with E-state index in [0.717, 1.165) is 37.3 Å². The molecule has 1 aliphatic heterocycles. The standard InChI is InChI=1S/C14H21ClN2O/c1-11-9-16(2)7-4-8-17(11)14-6-3-5-13(15)12(14)10-18/h3,5-6,11,18H,4,7-10H2,1-2H3. The second-order valence-electron chi connectivity index (χ2n) is 5.05. The van der Waals surface area contributed by atoms with Crippen LogP contribution in [0.2, 0.25) is 5.02 Å². The summed E-state index contributed by atoms with van der Waals surface area (Å²) in [6.45, 7) is 5.39. The van der Waals surface area contributed by atoms with E-state index in [1.165, 1.54) is 0 Å². The van der Waals surface area contributed by atoms with Crippen molar-refractivity contribution >= 4 is 17.3 Å². The van der Waals surface area contributed by atoms with E-state index in [2.05, 4.69) is 29.8 Å². The molecule has 1 heterocycles. The van der Waals surface area contributed by atoms with Gasteiger partial charge in [-0.25, -0.2) is 0 Å². The van der Waals surface area contributed by atoms with Crippen LogP contribution in [0.4, 0.5) is 5.69 Å². The van der Waals surface area contributed by atoms with Crippen LogP contribution in [0.5, 0.6) is 0 Å². The molecule has 1 atom stereocenters. The molecule has 1 saturated heterocycles. The van der Waals surface area contributed by atoms with Crippen LogP contribution in [0.25, 0.3) is 0 Å². The Bertz CT molecular complexity index is 411. The lowest BCUT2D eigenvalue weighted by Crippen LogP contribution is -2.38. The second-order valence-corrected chi connectivity index (χ2v) is 5.46. The fourth-order valence-corrected chi connectivity index (χ4v) is 2.93. The molecular formula is C14H21ClN2O. The van der Waals surface area contributed by atoms with Crippen molar-refractivity contribution in [1.29, 1.82) is 0 Å². The van der Waals surface area contributed by atoms with E-state index in [1.807, 2.05) is 12.1 Å². The maximum atomic E-state index is 9.52. The molecule has 1 N–H and O–H groups in total. The predicted octanol–water partition coefficient (Wildman–Crippen LogP) is 2.36. The Kier molecular flexibility index (Phi) is 4.49. The fourth-order valence-electron chi connectivity index (χ4n) is 2.70. The normalized spacial score (nSPS) is 22.0. The van der Waals surface area contributed by atoms with E-state index in [4.69, 9.17) is 11.6 Å². The molecule has 0 spiro atoms. The average molecular weight is 269 g/mol. The molecule has 0 amide bonds. The molecule has 18 heavy (non-hydrogen) atoms. The largest absolute Gasteiger partial charge is 0.392 e. The van der Waals surface area contributed by atoms with E-state index >= 15 is 0 Å². The van der Waals surface area contributed by atoms with E-state index in [9.17, 15) is 5.11 Å². The first-order valence-corrected chi connectivity index (χ1v) is 6.84. The van der Waals surface area contributed by atoms with E-state index < -0.39 is 0 Å². The van der Waals surface area contributed by atoms with Crippen LogP contribution in [0.1, 0.15) is 18.9 Å². The van der Waals surface area contributed by atoms with Gasteiger partial charge in [0.15, 0.2) is 0 Å². The highest BCUT2D eigenvalue weighted by Gasteiger charge is 2.22. The molecule has 0 radical (unpaired) electrons. The summed E-state index contributed by atoms with van der Waals surface area (Å²) in [7, 11) is 2.16. The van der Waals surface area contributed by atoms with E-state index in [-0.39, 0.29) is 6.61 Å². The van der Waals surface area contributed by atoms with Gasteiger partial charge in [0.1, 0.15) is 0 Å². The van der Waals surface area contributed by atoms with Crippen LogP contribution in [-0.2, 0) is 6.61 Å². The summed E-state index contributed by atoms with van der Waals surface area (Å²) in [5, 5.41) is 10.2. The van der Waals surface area contributed by atoms with Gasteiger partial charge in [-0.05, 0) is 39.1 Å². The summed E-state index contributed by atoms with van der Waals surface area (Å²) >= 11 is 6.17. The Morgan fingerprint density at radius 1 is 1.39 bits per heavy atom. The van der Waals surface area contributed by atoms with Crippen molar-refractivity contribution in [3.63, 3.8) is 0 Å². The zero-order valence-corrected chi connectivity index (χ0v) is 11.8. The highest BCUT2D eigenvalue weighted by atomic mass is 35.5. The fraction of sp³-hybridized carbons (Fsp3) is 0.571. The Morgan fingerprint density at radius 2 is 2.17 bits per heavy atom. The van der Waals surface area contributed by atoms with Gasteiger partial charge in [-0.2, -0.15) is 0 Å². The van der Waals surface area contributed by atoms with E-state index in [0.29, 0.717) is 11.1 Å². The van der Waals surface area contributed by atoms with Gasteiger partial charge >= 0.3 is 0 Å². The van der Waals surface area contributed by atoms with Crippen molar-refractivity contribution in [3.05, 3.63) is 28.8 Å². The van der Waals surface area contributed by atoms with Gasteiger partial charge in [0.05, 0.1) is 6.61 Å². The number of aliphatic hydroxyl groups is 1. The van der Waals surface area contributed by atoms with Gasteiger partial charge in [-0.1, -0.05) is 17.7 Å². The van der Waals surface area contributed by atoms with Crippen LogP contribution in [0.3, 0.4) is 0 Å². The number of nitrogens with zero attached hydrogens (tertiary/aromatic N) is 2. The first kappa shape index (κ1) is 13.7. The maximum absolute atomic E-state index is 9.52. The molecule has 1 aromatic rings. The molecular weight excluding hydrogens is 248 g/mol.